The van der Waals surface area contributed by atoms with Gasteiger partial charge in [-0.15, -0.1) is 11.6 Å². The summed E-state index contributed by atoms with van der Waals surface area (Å²) in [6, 6.07) is -0.0327. The molecule has 0 aromatic carbocycles. The number of nitrogens with zero attached hydrogens (tertiary/aromatic N) is 1. The van der Waals surface area contributed by atoms with Crippen LogP contribution in [0.15, 0.2) is 0 Å². The maximum Gasteiger partial charge on any atom is 0.214 e. The van der Waals surface area contributed by atoms with Crippen LogP contribution in [0.4, 0.5) is 0 Å². The fourth-order valence-electron chi connectivity index (χ4n) is 1.84. The first-order valence-electron chi connectivity index (χ1n) is 6.09. The molecule has 104 valence electrons. The molecule has 0 aromatic rings. The second-order valence-electron chi connectivity index (χ2n) is 4.34. The van der Waals surface area contributed by atoms with Gasteiger partial charge < -0.3 is 5.11 Å². The third-order valence-electron chi connectivity index (χ3n) is 2.79. The number of alkyl halides is 1. The van der Waals surface area contributed by atoms with E-state index in [1.54, 1.807) is 0 Å². The van der Waals surface area contributed by atoms with Crippen LogP contribution in [0, 0.1) is 5.92 Å². The van der Waals surface area contributed by atoms with Crippen LogP contribution in [0.25, 0.3) is 0 Å². The Morgan fingerprint density at radius 1 is 1.29 bits per heavy atom. The van der Waals surface area contributed by atoms with E-state index in [2.05, 4.69) is 0 Å². The monoisotopic (exact) mass is 285 g/mol. The quantitative estimate of drug-likeness (QED) is 0.656. The molecule has 1 N–H and O–H groups in total. The van der Waals surface area contributed by atoms with Crippen LogP contribution in [0.1, 0.15) is 33.6 Å². The van der Waals surface area contributed by atoms with E-state index in [0.717, 1.165) is 12.8 Å². The molecule has 1 atom stereocenters. The van der Waals surface area contributed by atoms with E-state index in [1.807, 2.05) is 20.8 Å². The maximum absolute atomic E-state index is 12.2. The number of halogens is 1. The third-order valence-corrected chi connectivity index (χ3v) is 5.50. The molecule has 17 heavy (non-hydrogen) atoms. The molecule has 0 aliphatic rings. The highest BCUT2D eigenvalue weighted by Crippen LogP contribution is 2.16. The van der Waals surface area contributed by atoms with Crippen molar-refractivity contribution in [1.29, 1.82) is 0 Å². The molecule has 0 aliphatic carbocycles. The van der Waals surface area contributed by atoms with Crippen LogP contribution in [0.2, 0.25) is 0 Å². The smallest absolute Gasteiger partial charge is 0.214 e. The first kappa shape index (κ1) is 17.2. The molecule has 0 aliphatic heterocycles. The zero-order valence-electron chi connectivity index (χ0n) is 10.9. The summed E-state index contributed by atoms with van der Waals surface area (Å²) in [4.78, 5) is 0. The molecule has 0 rings (SSSR count). The topological polar surface area (TPSA) is 57.6 Å². The van der Waals surface area contributed by atoms with Gasteiger partial charge in [-0.05, 0) is 18.8 Å². The molecule has 0 bridgehead atoms. The summed E-state index contributed by atoms with van der Waals surface area (Å²) in [5, 5.41) is 9.00. The zero-order valence-corrected chi connectivity index (χ0v) is 12.5. The first-order valence-corrected chi connectivity index (χ1v) is 8.23. The van der Waals surface area contributed by atoms with Gasteiger partial charge in [-0.2, -0.15) is 4.31 Å². The summed E-state index contributed by atoms with van der Waals surface area (Å²) in [6.07, 6.45) is 1.51. The second kappa shape index (κ2) is 8.29. The van der Waals surface area contributed by atoms with Gasteiger partial charge in [0.05, 0.1) is 12.4 Å². The molecule has 0 aromatic heterocycles. The van der Waals surface area contributed by atoms with Gasteiger partial charge in [0.1, 0.15) is 0 Å². The fourth-order valence-corrected chi connectivity index (χ4v) is 4.22. The van der Waals surface area contributed by atoms with Crippen LogP contribution in [-0.2, 0) is 10.0 Å². The normalized spacial score (nSPS) is 14.5. The average Bonchev–Trinajstić information content (AvgIpc) is 2.28. The summed E-state index contributed by atoms with van der Waals surface area (Å²) in [7, 11) is -3.33. The highest BCUT2D eigenvalue weighted by Gasteiger charge is 2.28. The van der Waals surface area contributed by atoms with Crippen LogP contribution >= 0.6 is 11.6 Å². The highest BCUT2D eigenvalue weighted by atomic mass is 35.5. The van der Waals surface area contributed by atoms with Crippen molar-refractivity contribution in [2.24, 2.45) is 5.92 Å². The Kier molecular flexibility index (Phi) is 8.37. The highest BCUT2D eigenvalue weighted by molar-refractivity contribution is 7.89. The van der Waals surface area contributed by atoms with Crippen molar-refractivity contribution < 1.29 is 13.5 Å². The van der Waals surface area contributed by atoms with E-state index in [0.29, 0.717) is 5.88 Å². The van der Waals surface area contributed by atoms with Crippen molar-refractivity contribution in [2.75, 3.05) is 24.8 Å². The van der Waals surface area contributed by atoms with Gasteiger partial charge in [0, 0.05) is 18.5 Å². The Morgan fingerprint density at radius 3 is 2.18 bits per heavy atom. The Bertz CT molecular complexity index is 291. The van der Waals surface area contributed by atoms with E-state index in [1.165, 1.54) is 4.31 Å². The van der Waals surface area contributed by atoms with Gasteiger partial charge in [-0.25, -0.2) is 8.42 Å². The van der Waals surface area contributed by atoms with Gasteiger partial charge in [0.2, 0.25) is 10.0 Å². The Labute approximate surface area is 110 Å². The molecule has 0 saturated carbocycles. The van der Waals surface area contributed by atoms with Crippen LogP contribution in [0.3, 0.4) is 0 Å². The van der Waals surface area contributed by atoms with Gasteiger partial charge in [0.25, 0.3) is 0 Å². The van der Waals surface area contributed by atoms with Crippen molar-refractivity contribution in [3.63, 3.8) is 0 Å². The minimum Gasteiger partial charge on any atom is -0.395 e. The number of aliphatic hydroxyl groups excluding tert-OH is 1. The van der Waals surface area contributed by atoms with Gasteiger partial charge in [-0.3, -0.25) is 0 Å². The Balaban J connectivity index is 4.89. The van der Waals surface area contributed by atoms with Crippen molar-refractivity contribution in [2.45, 2.75) is 39.7 Å². The fraction of sp³-hybridized carbons (Fsp3) is 1.00. The van der Waals surface area contributed by atoms with Crippen LogP contribution in [-0.4, -0.2) is 48.7 Å². The molecule has 0 amide bonds. The van der Waals surface area contributed by atoms with Gasteiger partial charge >= 0.3 is 0 Å². The number of aliphatic hydroxyl groups is 1. The molecule has 0 saturated heterocycles. The van der Waals surface area contributed by atoms with Gasteiger partial charge in [0.15, 0.2) is 0 Å². The largest absolute Gasteiger partial charge is 0.395 e. The van der Waals surface area contributed by atoms with E-state index in [4.69, 9.17) is 16.7 Å². The number of sulfonamides is 1. The molecule has 6 heteroatoms. The minimum atomic E-state index is -3.33. The van der Waals surface area contributed by atoms with Crippen molar-refractivity contribution in [3.8, 4) is 0 Å². The lowest BCUT2D eigenvalue weighted by Gasteiger charge is -2.29. The van der Waals surface area contributed by atoms with Crippen LogP contribution < -0.4 is 0 Å². The molecule has 0 radical (unpaired) electrons. The summed E-state index contributed by atoms with van der Waals surface area (Å²) >= 11 is 5.65. The summed E-state index contributed by atoms with van der Waals surface area (Å²) in [6.45, 7) is 5.75. The lowest BCUT2D eigenvalue weighted by Crippen LogP contribution is -2.43. The lowest BCUT2D eigenvalue weighted by atomic mass is 10.2. The average molecular weight is 286 g/mol. The molecule has 0 heterocycles. The third kappa shape index (κ3) is 5.55. The lowest BCUT2D eigenvalue weighted by molar-refractivity contribution is 0.219. The maximum atomic E-state index is 12.2. The first-order chi connectivity index (χ1) is 7.92. The second-order valence-corrected chi connectivity index (χ2v) is 6.62. The summed E-state index contributed by atoms with van der Waals surface area (Å²) < 4.78 is 25.8. The van der Waals surface area contributed by atoms with Crippen molar-refractivity contribution in [3.05, 3.63) is 0 Å². The van der Waals surface area contributed by atoms with E-state index < -0.39 is 10.0 Å². The Morgan fingerprint density at radius 2 is 1.82 bits per heavy atom. The predicted molar refractivity (Wildman–Crippen MR) is 71.8 cm³/mol. The minimum absolute atomic E-state index is 0.0327. The predicted octanol–water partition coefficient (Wildman–Crippen LogP) is 1.67. The van der Waals surface area contributed by atoms with Crippen molar-refractivity contribution >= 4 is 21.6 Å². The van der Waals surface area contributed by atoms with E-state index in [-0.39, 0.29) is 30.9 Å². The Hall–Kier alpha value is 0.160. The summed E-state index contributed by atoms with van der Waals surface area (Å²) in [5.41, 5.74) is 0. The van der Waals surface area contributed by atoms with Crippen LogP contribution in [0.5, 0.6) is 0 Å². The molecule has 0 spiro atoms. The summed E-state index contributed by atoms with van der Waals surface area (Å²) in [5.74, 6) is 0.305. The molecular formula is C11H24ClNO3S. The molecule has 0 fully saturated rings. The molecular weight excluding hydrogens is 262 g/mol. The van der Waals surface area contributed by atoms with E-state index in [9.17, 15) is 8.42 Å². The zero-order chi connectivity index (χ0) is 13.5. The number of hydrogen-bond acceptors (Lipinski definition) is 3. The van der Waals surface area contributed by atoms with Gasteiger partial charge in [-0.1, -0.05) is 20.8 Å². The van der Waals surface area contributed by atoms with E-state index >= 15 is 0 Å². The van der Waals surface area contributed by atoms with Crippen molar-refractivity contribution in [1.82, 2.24) is 4.31 Å². The number of hydrogen-bond donors (Lipinski definition) is 1. The SMILES string of the molecule is CCC(CC)N(CCO)S(=O)(=O)CC(C)CCl. The standard InChI is InChI=1S/C11H24ClNO3S/c1-4-11(5-2)13(6-7-14)17(15,16)9-10(3)8-12/h10-11,14H,4-9H2,1-3H3. The number of rotatable bonds is 9. The molecule has 1 unspecified atom stereocenters. The molecule has 4 nitrogen and oxygen atoms in total.